The van der Waals surface area contributed by atoms with Crippen molar-refractivity contribution >= 4 is 5.91 Å². The van der Waals surface area contributed by atoms with E-state index in [0.29, 0.717) is 35.8 Å². The van der Waals surface area contributed by atoms with Crippen LogP contribution in [0.5, 0.6) is 5.75 Å². The number of aromatic hydroxyl groups is 1. The second kappa shape index (κ2) is 11.3. The molecule has 0 unspecified atom stereocenters. The highest BCUT2D eigenvalue weighted by Gasteiger charge is 2.56. The fraction of sp³-hybridized carbons (Fsp3) is 0.700. The lowest BCUT2D eigenvalue weighted by Gasteiger charge is -2.53. The van der Waals surface area contributed by atoms with Crippen LogP contribution in [0.15, 0.2) is 30.4 Å². The number of amides is 1. The second-order valence-electron chi connectivity index (χ2n) is 11.4. The Bertz CT molecular complexity index is 865. The summed E-state index contributed by atoms with van der Waals surface area (Å²) in [4.78, 5) is 11.8. The molecule has 188 valence electrons. The Morgan fingerprint density at radius 2 is 2.00 bits per heavy atom. The quantitative estimate of drug-likeness (QED) is 0.281. The standard InChI is InChI=1S/C30H45NO3/c1-3-4-18-31-28(34)11-9-7-5-6-8-10-21-19-22-20-23(32)12-13-24(22)25-16-17-30(2)26(29(21)25)14-15-27(30)33/h5-6,12-13,20-21,25-27,29,32-33H,3-4,7-11,14-19H2,1-2H3,(H,31,34)/b6-5+/t21-,25-,26+,27+,29-,30+/m1/s1. The number of fused-ring (bicyclic) bond motifs is 5. The van der Waals surface area contributed by atoms with E-state index in [1.165, 1.54) is 11.1 Å². The number of nitrogens with one attached hydrogen (secondary N) is 1. The molecular weight excluding hydrogens is 422 g/mol. The molecule has 1 amide bonds. The van der Waals surface area contributed by atoms with Gasteiger partial charge in [-0.05, 0) is 117 Å². The van der Waals surface area contributed by atoms with Crippen LogP contribution in [0.2, 0.25) is 0 Å². The number of aliphatic hydroxyl groups is 1. The average molecular weight is 468 g/mol. The molecule has 0 aromatic heterocycles. The van der Waals surface area contributed by atoms with Crippen molar-refractivity contribution in [3.8, 4) is 5.75 Å². The van der Waals surface area contributed by atoms with Crippen LogP contribution in [-0.2, 0) is 11.2 Å². The van der Waals surface area contributed by atoms with E-state index in [2.05, 4.69) is 37.4 Å². The van der Waals surface area contributed by atoms with Gasteiger partial charge in [-0.2, -0.15) is 0 Å². The van der Waals surface area contributed by atoms with Gasteiger partial charge in [0.05, 0.1) is 6.10 Å². The molecule has 3 aliphatic carbocycles. The molecule has 4 nitrogen and oxygen atoms in total. The number of carbonyl (C=O) groups is 1. The Balaban J connectivity index is 1.35. The number of aliphatic hydroxyl groups excluding tert-OH is 1. The van der Waals surface area contributed by atoms with E-state index in [-0.39, 0.29) is 17.4 Å². The zero-order chi connectivity index (χ0) is 24.1. The first-order valence-corrected chi connectivity index (χ1v) is 13.9. The predicted molar refractivity (Wildman–Crippen MR) is 138 cm³/mol. The molecule has 3 aliphatic rings. The summed E-state index contributed by atoms with van der Waals surface area (Å²) in [6, 6.07) is 6.03. The molecule has 6 atom stereocenters. The summed E-state index contributed by atoms with van der Waals surface area (Å²) in [5.41, 5.74) is 2.86. The third kappa shape index (κ3) is 5.37. The summed E-state index contributed by atoms with van der Waals surface area (Å²) in [6.45, 7) is 5.27. The van der Waals surface area contributed by atoms with Gasteiger partial charge in [-0.15, -0.1) is 0 Å². The second-order valence-corrected chi connectivity index (χ2v) is 11.4. The molecule has 0 heterocycles. The largest absolute Gasteiger partial charge is 0.508 e. The van der Waals surface area contributed by atoms with Gasteiger partial charge in [-0.1, -0.05) is 38.5 Å². The fourth-order valence-electron chi connectivity index (χ4n) is 7.45. The van der Waals surface area contributed by atoms with E-state index in [1.807, 2.05) is 12.1 Å². The third-order valence-corrected chi connectivity index (χ3v) is 9.33. The number of benzene rings is 1. The highest BCUT2D eigenvalue weighted by molar-refractivity contribution is 5.75. The van der Waals surface area contributed by atoms with Crippen molar-refractivity contribution < 1.29 is 15.0 Å². The lowest BCUT2D eigenvalue weighted by atomic mass is 9.52. The van der Waals surface area contributed by atoms with Crippen molar-refractivity contribution in [1.82, 2.24) is 5.32 Å². The van der Waals surface area contributed by atoms with Gasteiger partial charge in [0.15, 0.2) is 0 Å². The van der Waals surface area contributed by atoms with Gasteiger partial charge in [0.1, 0.15) is 5.75 Å². The Kier molecular flexibility index (Phi) is 8.39. The number of phenols is 1. The molecule has 0 radical (unpaired) electrons. The molecular formula is C30H45NO3. The Morgan fingerprint density at radius 1 is 1.18 bits per heavy atom. The molecule has 34 heavy (non-hydrogen) atoms. The predicted octanol–water partition coefficient (Wildman–Crippen LogP) is 6.26. The molecule has 2 fully saturated rings. The van der Waals surface area contributed by atoms with Crippen LogP contribution in [0.4, 0.5) is 0 Å². The summed E-state index contributed by atoms with van der Waals surface area (Å²) in [6.07, 6.45) is 16.7. The minimum absolute atomic E-state index is 0.0708. The Morgan fingerprint density at radius 3 is 2.82 bits per heavy atom. The maximum atomic E-state index is 11.8. The highest BCUT2D eigenvalue weighted by atomic mass is 16.3. The van der Waals surface area contributed by atoms with Crippen LogP contribution >= 0.6 is 0 Å². The number of unbranched alkanes of at least 4 members (excludes halogenated alkanes) is 2. The number of phenolic OH excluding ortho intramolecular Hbond substituents is 1. The molecule has 3 N–H and O–H groups in total. The third-order valence-electron chi connectivity index (χ3n) is 9.33. The molecule has 0 aliphatic heterocycles. The fourth-order valence-corrected chi connectivity index (χ4v) is 7.45. The summed E-state index contributed by atoms with van der Waals surface area (Å²) in [5, 5.41) is 23.9. The van der Waals surface area contributed by atoms with Crippen molar-refractivity contribution in [2.45, 2.75) is 103 Å². The van der Waals surface area contributed by atoms with Crippen molar-refractivity contribution in [3.63, 3.8) is 0 Å². The molecule has 1 aromatic rings. The number of rotatable bonds is 10. The van der Waals surface area contributed by atoms with Crippen molar-refractivity contribution in [3.05, 3.63) is 41.5 Å². The molecule has 0 spiro atoms. The first-order chi connectivity index (χ1) is 16.4. The first kappa shape index (κ1) is 25.3. The summed E-state index contributed by atoms with van der Waals surface area (Å²) < 4.78 is 0. The van der Waals surface area contributed by atoms with Gasteiger partial charge < -0.3 is 15.5 Å². The zero-order valence-corrected chi connectivity index (χ0v) is 21.3. The van der Waals surface area contributed by atoms with Crippen LogP contribution in [0, 0.1) is 23.2 Å². The molecule has 4 rings (SSSR count). The molecule has 0 saturated heterocycles. The van der Waals surface area contributed by atoms with Crippen LogP contribution in [0.25, 0.3) is 0 Å². The van der Waals surface area contributed by atoms with Gasteiger partial charge >= 0.3 is 0 Å². The normalized spacial score (nSPS) is 32.3. The number of hydrogen-bond acceptors (Lipinski definition) is 3. The first-order valence-electron chi connectivity index (χ1n) is 13.9. The van der Waals surface area contributed by atoms with E-state index in [0.717, 1.165) is 77.2 Å². The maximum Gasteiger partial charge on any atom is 0.220 e. The number of hydrogen-bond donors (Lipinski definition) is 3. The minimum atomic E-state index is -0.153. The molecule has 2 saturated carbocycles. The summed E-state index contributed by atoms with van der Waals surface area (Å²) in [7, 11) is 0. The Labute approximate surface area is 206 Å². The van der Waals surface area contributed by atoms with Crippen molar-refractivity contribution in [2.24, 2.45) is 23.2 Å². The van der Waals surface area contributed by atoms with Crippen molar-refractivity contribution in [1.29, 1.82) is 0 Å². The van der Waals surface area contributed by atoms with E-state index >= 15 is 0 Å². The molecule has 4 heteroatoms. The topological polar surface area (TPSA) is 69.6 Å². The molecule has 1 aromatic carbocycles. The van der Waals surface area contributed by atoms with Gasteiger partial charge in [0.2, 0.25) is 5.91 Å². The SMILES string of the molecule is CCCCNC(=O)CCC/C=C/CC[C@@H]1Cc2cc(O)ccc2[C@H]2CC[C@]3(C)[C@@H](O)CC[C@H]3[C@H]12. The smallest absolute Gasteiger partial charge is 0.220 e. The van der Waals surface area contributed by atoms with Gasteiger partial charge in [-0.25, -0.2) is 0 Å². The summed E-state index contributed by atoms with van der Waals surface area (Å²) >= 11 is 0. The lowest BCUT2D eigenvalue weighted by Crippen LogP contribution is -2.47. The zero-order valence-electron chi connectivity index (χ0n) is 21.3. The van der Waals surface area contributed by atoms with Gasteiger partial charge in [0.25, 0.3) is 0 Å². The summed E-state index contributed by atoms with van der Waals surface area (Å²) in [5.74, 6) is 2.95. The van der Waals surface area contributed by atoms with Crippen LogP contribution in [0.3, 0.4) is 0 Å². The van der Waals surface area contributed by atoms with E-state index in [4.69, 9.17) is 0 Å². The number of allylic oxidation sites excluding steroid dienone is 2. The Hall–Kier alpha value is -1.81. The van der Waals surface area contributed by atoms with E-state index < -0.39 is 0 Å². The van der Waals surface area contributed by atoms with E-state index in [1.54, 1.807) is 0 Å². The van der Waals surface area contributed by atoms with Crippen LogP contribution in [-0.4, -0.2) is 28.8 Å². The van der Waals surface area contributed by atoms with Crippen molar-refractivity contribution in [2.75, 3.05) is 6.54 Å². The van der Waals surface area contributed by atoms with E-state index in [9.17, 15) is 15.0 Å². The number of carbonyl (C=O) groups excluding carboxylic acids is 1. The van der Waals surface area contributed by atoms with Crippen LogP contribution < -0.4 is 5.32 Å². The highest BCUT2D eigenvalue weighted by Crippen LogP contribution is 2.62. The van der Waals surface area contributed by atoms with Gasteiger partial charge in [-0.3, -0.25) is 4.79 Å². The lowest BCUT2D eigenvalue weighted by molar-refractivity contribution is -0.121. The van der Waals surface area contributed by atoms with Gasteiger partial charge in [0, 0.05) is 13.0 Å². The molecule has 0 bridgehead atoms. The minimum Gasteiger partial charge on any atom is -0.508 e. The van der Waals surface area contributed by atoms with Crippen LogP contribution in [0.1, 0.15) is 102 Å². The average Bonchev–Trinajstić information content (AvgIpc) is 3.12. The monoisotopic (exact) mass is 467 g/mol. The maximum absolute atomic E-state index is 11.8.